The van der Waals surface area contributed by atoms with Crippen molar-refractivity contribution in [2.75, 3.05) is 6.61 Å². The summed E-state index contributed by atoms with van der Waals surface area (Å²) in [5, 5.41) is 8.45. The predicted molar refractivity (Wildman–Crippen MR) is 61.2 cm³/mol. The molecule has 0 heterocycles. The Hall–Kier alpha value is -1.84. The van der Waals surface area contributed by atoms with E-state index in [1.54, 1.807) is 24.3 Å². The average molecular weight is 234 g/mol. The van der Waals surface area contributed by atoms with E-state index in [0.29, 0.717) is 11.3 Å². The highest BCUT2D eigenvalue weighted by Crippen LogP contribution is 2.32. The second kappa shape index (κ2) is 4.99. The number of benzene rings is 1. The van der Waals surface area contributed by atoms with Gasteiger partial charge in [-0.25, -0.2) is 0 Å². The average Bonchev–Trinajstić information content (AvgIpc) is 3.12. The Bertz CT molecular complexity index is 418. The van der Waals surface area contributed by atoms with Crippen LogP contribution in [0, 0.1) is 5.92 Å². The van der Waals surface area contributed by atoms with Gasteiger partial charge in [-0.15, -0.1) is 0 Å². The number of hydrogen-bond donors (Lipinski definition) is 1. The lowest BCUT2D eigenvalue weighted by Crippen LogP contribution is -2.05. The Kier molecular flexibility index (Phi) is 3.42. The summed E-state index contributed by atoms with van der Waals surface area (Å²) in [6.07, 6.45) is 1.97. The molecule has 1 aliphatic carbocycles. The molecule has 17 heavy (non-hydrogen) atoms. The molecule has 1 fully saturated rings. The largest absolute Gasteiger partial charge is 0.493 e. The maximum atomic E-state index is 11.7. The normalized spacial score (nSPS) is 14.4. The molecule has 1 aliphatic rings. The van der Waals surface area contributed by atoms with Crippen molar-refractivity contribution in [3.63, 3.8) is 0 Å². The van der Waals surface area contributed by atoms with E-state index in [9.17, 15) is 9.59 Å². The summed E-state index contributed by atoms with van der Waals surface area (Å²) >= 11 is 0. The number of ketones is 1. The molecule has 4 heteroatoms. The highest BCUT2D eigenvalue weighted by atomic mass is 16.5. The van der Waals surface area contributed by atoms with Gasteiger partial charge < -0.3 is 9.84 Å². The van der Waals surface area contributed by atoms with E-state index in [2.05, 4.69) is 0 Å². The number of aliphatic carboxylic acids is 1. The number of rotatable bonds is 6. The topological polar surface area (TPSA) is 63.6 Å². The second-order valence-corrected chi connectivity index (χ2v) is 4.16. The van der Waals surface area contributed by atoms with Crippen molar-refractivity contribution in [1.29, 1.82) is 0 Å². The van der Waals surface area contributed by atoms with Gasteiger partial charge in [-0.1, -0.05) is 0 Å². The van der Waals surface area contributed by atoms with Crippen LogP contribution in [0.5, 0.6) is 5.75 Å². The summed E-state index contributed by atoms with van der Waals surface area (Å²) in [4.78, 5) is 22.0. The smallest absolute Gasteiger partial charge is 0.306 e. The standard InChI is InChI=1S/C13H14O4/c14-12(15)7-8-17-11-5-3-10(4-6-11)13(16)9-1-2-9/h3-6,9H,1-2,7-8H2,(H,14,15). The molecule has 0 radical (unpaired) electrons. The molecule has 0 unspecified atom stereocenters. The van der Waals surface area contributed by atoms with E-state index < -0.39 is 5.97 Å². The van der Waals surface area contributed by atoms with Gasteiger partial charge in [-0.05, 0) is 37.1 Å². The van der Waals surface area contributed by atoms with Gasteiger partial charge in [0.1, 0.15) is 5.75 Å². The van der Waals surface area contributed by atoms with Crippen LogP contribution >= 0.6 is 0 Å². The van der Waals surface area contributed by atoms with Crippen molar-refractivity contribution >= 4 is 11.8 Å². The fraction of sp³-hybridized carbons (Fsp3) is 0.385. The number of Topliss-reactive ketones (excluding diaryl/α,β-unsaturated/α-hetero) is 1. The third-order valence-corrected chi connectivity index (χ3v) is 2.67. The van der Waals surface area contributed by atoms with Gasteiger partial charge in [0.25, 0.3) is 0 Å². The zero-order valence-corrected chi connectivity index (χ0v) is 9.39. The molecule has 0 spiro atoms. The van der Waals surface area contributed by atoms with Crippen LogP contribution in [0.3, 0.4) is 0 Å². The molecular formula is C13H14O4. The number of carbonyl (C=O) groups is 2. The molecule has 0 saturated heterocycles. The minimum absolute atomic E-state index is 0.0250. The first-order chi connectivity index (χ1) is 8.16. The lowest BCUT2D eigenvalue weighted by molar-refractivity contribution is -0.137. The molecule has 0 amide bonds. The van der Waals surface area contributed by atoms with Crippen molar-refractivity contribution in [2.24, 2.45) is 5.92 Å². The third kappa shape index (κ3) is 3.31. The Morgan fingerprint density at radius 1 is 1.24 bits per heavy atom. The molecule has 1 aromatic rings. The molecule has 4 nitrogen and oxygen atoms in total. The molecule has 1 N–H and O–H groups in total. The Balaban J connectivity index is 1.88. The lowest BCUT2D eigenvalue weighted by atomic mass is 10.1. The van der Waals surface area contributed by atoms with Gasteiger partial charge in [0.05, 0.1) is 13.0 Å². The van der Waals surface area contributed by atoms with E-state index in [1.165, 1.54) is 0 Å². The predicted octanol–water partition coefficient (Wildman–Crippen LogP) is 2.13. The molecule has 90 valence electrons. The second-order valence-electron chi connectivity index (χ2n) is 4.16. The molecule has 0 bridgehead atoms. The van der Waals surface area contributed by atoms with Crippen LogP contribution in [0.4, 0.5) is 0 Å². The van der Waals surface area contributed by atoms with Gasteiger partial charge in [-0.3, -0.25) is 9.59 Å². The zero-order chi connectivity index (χ0) is 12.3. The first-order valence-electron chi connectivity index (χ1n) is 5.65. The maximum absolute atomic E-state index is 11.7. The Morgan fingerprint density at radius 3 is 2.41 bits per heavy atom. The Labute approximate surface area is 99.2 Å². The number of carbonyl (C=O) groups excluding carboxylic acids is 1. The van der Waals surface area contributed by atoms with Crippen LogP contribution in [0.25, 0.3) is 0 Å². The first-order valence-corrected chi connectivity index (χ1v) is 5.65. The van der Waals surface area contributed by atoms with E-state index in [1.807, 2.05) is 0 Å². The number of carboxylic acids is 1. The highest BCUT2D eigenvalue weighted by Gasteiger charge is 2.30. The van der Waals surface area contributed by atoms with E-state index in [4.69, 9.17) is 9.84 Å². The van der Waals surface area contributed by atoms with E-state index in [-0.39, 0.29) is 24.7 Å². The molecule has 1 aromatic carbocycles. The maximum Gasteiger partial charge on any atom is 0.306 e. The highest BCUT2D eigenvalue weighted by molar-refractivity contribution is 5.99. The summed E-state index contributed by atoms with van der Waals surface area (Å²) < 4.78 is 5.24. The number of hydrogen-bond acceptors (Lipinski definition) is 3. The van der Waals surface area contributed by atoms with Crippen LogP contribution in [0.2, 0.25) is 0 Å². The van der Waals surface area contributed by atoms with Gasteiger partial charge in [0, 0.05) is 11.5 Å². The molecule has 0 atom stereocenters. The van der Waals surface area contributed by atoms with Gasteiger partial charge >= 0.3 is 5.97 Å². The van der Waals surface area contributed by atoms with Crippen LogP contribution in [0.15, 0.2) is 24.3 Å². The summed E-state index contributed by atoms with van der Waals surface area (Å²) in [7, 11) is 0. The fourth-order valence-corrected chi connectivity index (χ4v) is 1.55. The summed E-state index contributed by atoms with van der Waals surface area (Å²) in [5.74, 6) is 0.125. The van der Waals surface area contributed by atoms with Crippen molar-refractivity contribution in [3.8, 4) is 5.75 Å². The number of carboxylic acid groups (broad SMARTS) is 1. The molecular weight excluding hydrogens is 220 g/mol. The lowest BCUT2D eigenvalue weighted by Gasteiger charge is -2.05. The van der Waals surface area contributed by atoms with Crippen molar-refractivity contribution in [2.45, 2.75) is 19.3 Å². The van der Waals surface area contributed by atoms with Gasteiger partial charge in [-0.2, -0.15) is 0 Å². The van der Waals surface area contributed by atoms with Crippen LogP contribution in [-0.4, -0.2) is 23.5 Å². The van der Waals surface area contributed by atoms with Crippen LogP contribution in [0.1, 0.15) is 29.6 Å². The van der Waals surface area contributed by atoms with Crippen molar-refractivity contribution < 1.29 is 19.4 Å². The van der Waals surface area contributed by atoms with Crippen LogP contribution < -0.4 is 4.74 Å². The fourth-order valence-electron chi connectivity index (χ4n) is 1.55. The molecule has 1 saturated carbocycles. The van der Waals surface area contributed by atoms with Gasteiger partial charge in [0.15, 0.2) is 5.78 Å². The Morgan fingerprint density at radius 2 is 1.88 bits per heavy atom. The monoisotopic (exact) mass is 234 g/mol. The summed E-state index contributed by atoms with van der Waals surface area (Å²) in [6, 6.07) is 6.88. The van der Waals surface area contributed by atoms with Crippen LogP contribution in [-0.2, 0) is 4.79 Å². The van der Waals surface area contributed by atoms with E-state index >= 15 is 0 Å². The molecule has 0 aromatic heterocycles. The van der Waals surface area contributed by atoms with Crippen molar-refractivity contribution in [3.05, 3.63) is 29.8 Å². The third-order valence-electron chi connectivity index (χ3n) is 2.67. The quantitative estimate of drug-likeness (QED) is 0.766. The molecule has 0 aliphatic heterocycles. The SMILES string of the molecule is O=C(O)CCOc1ccc(C(=O)C2CC2)cc1. The minimum atomic E-state index is -0.884. The number of ether oxygens (including phenoxy) is 1. The zero-order valence-electron chi connectivity index (χ0n) is 9.39. The van der Waals surface area contributed by atoms with Gasteiger partial charge in [0.2, 0.25) is 0 Å². The van der Waals surface area contributed by atoms with Crippen molar-refractivity contribution in [1.82, 2.24) is 0 Å². The summed E-state index contributed by atoms with van der Waals surface area (Å²) in [6.45, 7) is 0.144. The van der Waals surface area contributed by atoms with E-state index in [0.717, 1.165) is 12.8 Å². The first kappa shape index (κ1) is 11.6. The molecule has 2 rings (SSSR count). The minimum Gasteiger partial charge on any atom is -0.493 e. The summed E-state index contributed by atoms with van der Waals surface area (Å²) in [5.41, 5.74) is 0.707.